The van der Waals surface area contributed by atoms with Crippen molar-refractivity contribution in [1.29, 1.82) is 0 Å². The Hall–Kier alpha value is -2.82. The molecule has 5 nitrogen and oxygen atoms in total. The third kappa shape index (κ3) is 3.82. The molecule has 0 spiro atoms. The Labute approximate surface area is 121 Å². The van der Waals surface area contributed by atoms with Gasteiger partial charge in [-0.15, -0.1) is 0 Å². The Balaban J connectivity index is 2.07. The quantitative estimate of drug-likeness (QED) is 0.638. The van der Waals surface area contributed by atoms with Gasteiger partial charge in [0.2, 0.25) is 11.2 Å². The lowest BCUT2D eigenvalue weighted by Gasteiger charge is -2.02. The minimum atomic E-state index is -0.646. The van der Waals surface area contributed by atoms with E-state index < -0.39 is 11.4 Å². The highest BCUT2D eigenvalue weighted by molar-refractivity contribution is 5.88. The SMILES string of the molecule is COc1ccc(/C=C/C(=O)Oc2c(C)occc2=O)cc1. The van der Waals surface area contributed by atoms with Crippen molar-refractivity contribution in [1.82, 2.24) is 0 Å². The maximum absolute atomic E-state index is 11.7. The number of rotatable bonds is 4. The molecule has 21 heavy (non-hydrogen) atoms. The molecule has 1 aromatic carbocycles. The van der Waals surface area contributed by atoms with E-state index in [1.165, 1.54) is 18.4 Å². The highest BCUT2D eigenvalue weighted by Gasteiger charge is 2.09. The van der Waals surface area contributed by atoms with Crippen molar-refractivity contribution in [2.24, 2.45) is 0 Å². The lowest BCUT2D eigenvalue weighted by atomic mass is 10.2. The summed E-state index contributed by atoms with van der Waals surface area (Å²) >= 11 is 0. The molecule has 0 aliphatic rings. The van der Waals surface area contributed by atoms with E-state index in [2.05, 4.69) is 0 Å². The summed E-state index contributed by atoms with van der Waals surface area (Å²) in [6.45, 7) is 1.55. The zero-order valence-electron chi connectivity index (χ0n) is 11.7. The van der Waals surface area contributed by atoms with Crippen LogP contribution in [0.1, 0.15) is 11.3 Å². The van der Waals surface area contributed by atoms with Crippen LogP contribution in [-0.4, -0.2) is 13.1 Å². The average Bonchev–Trinajstić information content (AvgIpc) is 2.49. The van der Waals surface area contributed by atoms with Gasteiger partial charge in [0.1, 0.15) is 11.5 Å². The van der Waals surface area contributed by atoms with E-state index in [-0.39, 0.29) is 11.5 Å². The first-order valence-electron chi connectivity index (χ1n) is 6.22. The first-order valence-corrected chi connectivity index (χ1v) is 6.22. The fourth-order valence-corrected chi connectivity index (χ4v) is 1.64. The third-order valence-electron chi connectivity index (χ3n) is 2.74. The molecule has 1 heterocycles. The van der Waals surface area contributed by atoms with Crippen molar-refractivity contribution >= 4 is 12.0 Å². The highest BCUT2D eigenvalue weighted by Crippen LogP contribution is 2.13. The molecule has 0 saturated carbocycles. The molecule has 0 radical (unpaired) electrons. The standard InChI is InChI=1S/C16H14O5/c1-11-16(14(17)9-10-20-11)21-15(18)8-5-12-3-6-13(19-2)7-4-12/h3-10H,1-2H3/b8-5+. The van der Waals surface area contributed by atoms with Crippen LogP contribution in [0.5, 0.6) is 11.5 Å². The van der Waals surface area contributed by atoms with Crippen molar-refractivity contribution in [2.45, 2.75) is 6.92 Å². The number of hydrogen-bond donors (Lipinski definition) is 0. The number of carbonyl (C=O) groups is 1. The van der Waals surface area contributed by atoms with Crippen molar-refractivity contribution < 1.29 is 18.7 Å². The number of carbonyl (C=O) groups excluding carboxylic acids is 1. The van der Waals surface area contributed by atoms with E-state index in [4.69, 9.17) is 13.9 Å². The molecule has 0 aliphatic heterocycles. The molecule has 0 amide bonds. The van der Waals surface area contributed by atoms with E-state index in [9.17, 15) is 9.59 Å². The van der Waals surface area contributed by atoms with Crippen molar-refractivity contribution in [3.05, 3.63) is 64.2 Å². The molecule has 2 rings (SSSR count). The molecule has 1 aromatic heterocycles. The number of esters is 1. The lowest BCUT2D eigenvalue weighted by molar-refractivity contribution is -0.129. The zero-order valence-corrected chi connectivity index (χ0v) is 11.7. The molecule has 0 unspecified atom stereocenters. The van der Waals surface area contributed by atoms with Crippen LogP contribution in [0.2, 0.25) is 0 Å². The number of ether oxygens (including phenoxy) is 2. The second kappa shape index (κ2) is 6.56. The summed E-state index contributed by atoms with van der Waals surface area (Å²) in [5, 5.41) is 0. The van der Waals surface area contributed by atoms with Gasteiger partial charge < -0.3 is 13.9 Å². The van der Waals surface area contributed by atoms with E-state index in [1.54, 1.807) is 44.4 Å². The van der Waals surface area contributed by atoms with Crippen LogP contribution in [0.25, 0.3) is 6.08 Å². The van der Waals surface area contributed by atoms with Gasteiger partial charge in [-0.25, -0.2) is 4.79 Å². The molecule has 0 saturated heterocycles. The van der Waals surface area contributed by atoms with Gasteiger partial charge in [-0.2, -0.15) is 0 Å². The van der Waals surface area contributed by atoms with Gasteiger partial charge >= 0.3 is 5.97 Å². The van der Waals surface area contributed by atoms with Gasteiger partial charge in [-0.05, 0) is 30.7 Å². The van der Waals surface area contributed by atoms with Crippen LogP contribution in [0.4, 0.5) is 0 Å². The van der Waals surface area contributed by atoms with Crippen LogP contribution in [0, 0.1) is 6.92 Å². The zero-order chi connectivity index (χ0) is 15.2. The van der Waals surface area contributed by atoms with Gasteiger partial charge in [-0.3, -0.25) is 4.79 Å². The number of aryl methyl sites for hydroxylation is 1. The summed E-state index contributed by atoms with van der Waals surface area (Å²) in [4.78, 5) is 23.2. The number of methoxy groups -OCH3 is 1. The summed E-state index contributed by atoms with van der Waals surface area (Å²) in [6.07, 6.45) is 4.08. The molecule has 0 atom stereocenters. The van der Waals surface area contributed by atoms with Gasteiger partial charge in [-0.1, -0.05) is 12.1 Å². The number of hydrogen-bond acceptors (Lipinski definition) is 5. The van der Waals surface area contributed by atoms with Crippen molar-refractivity contribution in [3.8, 4) is 11.5 Å². The first kappa shape index (κ1) is 14.6. The normalized spacial score (nSPS) is 10.6. The van der Waals surface area contributed by atoms with Crippen LogP contribution in [0.15, 0.2) is 51.9 Å². The molecule has 2 aromatic rings. The molecule has 5 heteroatoms. The first-order chi connectivity index (χ1) is 10.1. The van der Waals surface area contributed by atoms with E-state index in [0.29, 0.717) is 0 Å². The molecule has 0 N–H and O–H groups in total. The topological polar surface area (TPSA) is 65.7 Å². The fraction of sp³-hybridized carbons (Fsp3) is 0.125. The van der Waals surface area contributed by atoms with Crippen molar-refractivity contribution in [3.63, 3.8) is 0 Å². The lowest BCUT2D eigenvalue weighted by Crippen LogP contribution is -2.13. The van der Waals surface area contributed by atoms with E-state index in [1.807, 2.05) is 0 Å². The smallest absolute Gasteiger partial charge is 0.336 e. The monoisotopic (exact) mass is 286 g/mol. The van der Waals surface area contributed by atoms with Gasteiger partial charge in [0.25, 0.3) is 0 Å². The summed E-state index contributed by atoms with van der Waals surface area (Å²) < 4.78 is 15.0. The molecule has 0 aliphatic carbocycles. The Morgan fingerprint density at radius 2 is 1.90 bits per heavy atom. The molecule has 0 fully saturated rings. The number of benzene rings is 1. The second-order valence-electron chi connectivity index (χ2n) is 4.20. The minimum Gasteiger partial charge on any atom is -0.497 e. The maximum atomic E-state index is 11.7. The van der Waals surface area contributed by atoms with E-state index >= 15 is 0 Å². The van der Waals surface area contributed by atoms with Crippen LogP contribution >= 0.6 is 0 Å². The Morgan fingerprint density at radius 3 is 2.52 bits per heavy atom. The Bertz CT molecular complexity index is 710. The molecular weight excluding hydrogens is 272 g/mol. The van der Waals surface area contributed by atoms with Crippen LogP contribution in [-0.2, 0) is 4.79 Å². The largest absolute Gasteiger partial charge is 0.497 e. The molecule has 108 valence electrons. The average molecular weight is 286 g/mol. The Kier molecular flexibility index (Phi) is 4.56. The van der Waals surface area contributed by atoms with Gasteiger partial charge in [0.15, 0.2) is 0 Å². The molecular formula is C16H14O5. The summed E-state index contributed by atoms with van der Waals surface area (Å²) in [7, 11) is 1.58. The predicted octanol–water partition coefficient (Wildman–Crippen LogP) is 2.58. The predicted molar refractivity (Wildman–Crippen MR) is 77.4 cm³/mol. The summed E-state index contributed by atoms with van der Waals surface area (Å²) in [5.41, 5.74) is 0.412. The van der Waals surface area contributed by atoms with Crippen LogP contribution in [0.3, 0.4) is 0 Å². The van der Waals surface area contributed by atoms with Crippen LogP contribution < -0.4 is 14.9 Å². The van der Waals surface area contributed by atoms with Gasteiger partial charge in [0.05, 0.1) is 13.4 Å². The fourth-order valence-electron chi connectivity index (χ4n) is 1.64. The molecule has 0 bridgehead atoms. The van der Waals surface area contributed by atoms with Gasteiger partial charge in [0, 0.05) is 12.1 Å². The summed E-state index contributed by atoms with van der Waals surface area (Å²) in [5.74, 6) is 0.246. The van der Waals surface area contributed by atoms with E-state index in [0.717, 1.165) is 11.3 Å². The Morgan fingerprint density at radius 1 is 1.19 bits per heavy atom. The minimum absolute atomic E-state index is 0.0955. The highest BCUT2D eigenvalue weighted by atomic mass is 16.5. The second-order valence-corrected chi connectivity index (χ2v) is 4.20. The maximum Gasteiger partial charge on any atom is 0.336 e. The van der Waals surface area contributed by atoms with Crippen molar-refractivity contribution in [2.75, 3.05) is 7.11 Å². The summed E-state index contributed by atoms with van der Waals surface area (Å²) in [6, 6.07) is 8.35. The third-order valence-corrected chi connectivity index (χ3v) is 2.74.